The summed E-state index contributed by atoms with van der Waals surface area (Å²) in [4.78, 5) is 33.2. The number of hydrogen-bond acceptors (Lipinski definition) is 5. The zero-order valence-corrected chi connectivity index (χ0v) is 19.3. The van der Waals surface area contributed by atoms with E-state index in [1.165, 1.54) is 22.2 Å². The molecule has 2 aromatic carbocycles. The monoisotopic (exact) mass is 461 g/mol. The van der Waals surface area contributed by atoms with Crippen LogP contribution in [-0.4, -0.2) is 21.2 Å². The molecule has 1 amide bonds. The minimum Gasteiger partial charge on any atom is -0.325 e. The molecule has 1 atom stereocenters. The zero-order valence-electron chi connectivity index (χ0n) is 17.7. The van der Waals surface area contributed by atoms with E-state index in [4.69, 9.17) is 4.98 Å². The summed E-state index contributed by atoms with van der Waals surface area (Å²) >= 11 is 2.93. The molecule has 7 heteroatoms. The fourth-order valence-corrected chi connectivity index (χ4v) is 6.36. The Hall–Kier alpha value is -2.90. The molecule has 1 aliphatic carbocycles. The molecule has 0 spiro atoms. The van der Waals surface area contributed by atoms with Gasteiger partial charge in [-0.25, -0.2) is 4.98 Å². The second-order valence-corrected chi connectivity index (χ2v) is 10.1. The quantitative estimate of drug-likeness (QED) is 0.323. The summed E-state index contributed by atoms with van der Waals surface area (Å²) < 4.78 is 1.66. The average molecular weight is 462 g/mol. The van der Waals surface area contributed by atoms with Crippen LogP contribution in [0.5, 0.6) is 0 Å². The van der Waals surface area contributed by atoms with Crippen molar-refractivity contribution in [2.24, 2.45) is 5.92 Å². The van der Waals surface area contributed by atoms with Crippen LogP contribution in [0, 0.1) is 5.92 Å². The Morgan fingerprint density at radius 2 is 1.88 bits per heavy atom. The number of carbonyl (C=O) groups excluding carboxylic acids is 1. The number of carbonyl (C=O) groups is 1. The van der Waals surface area contributed by atoms with Crippen molar-refractivity contribution in [2.45, 2.75) is 31.3 Å². The van der Waals surface area contributed by atoms with Gasteiger partial charge in [-0.1, -0.05) is 55.1 Å². The predicted octanol–water partition coefficient (Wildman–Crippen LogP) is 5.30. The lowest BCUT2D eigenvalue weighted by molar-refractivity contribution is -0.113. The molecule has 0 fully saturated rings. The van der Waals surface area contributed by atoms with Crippen LogP contribution in [0.1, 0.15) is 23.8 Å². The van der Waals surface area contributed by atoms with Crippen LogP contribution < -0.4 is 10.9 Å². The summed E-state index contributed by atoms with van der Waals surface area (Å²) in [6.07, 6.45) is 3.02. The van der Waals surface area contributed by atoms with E-state index in [0.29, 0.717) is 11.1 Å². The molecule has 0 radical (unpaired) electrons. The molecule has 2 aromatic heterocycles. The minimum atomic E-state index is -0.130. The maximum absolute atomic E-state index is 13.7. The van der Waals surface area contributed by atoms with Gasteiger partial charge in [0.1, 0.15) is 4.83 Å². The van der Waals surface area contributed by atoms with E-state index >= 15 is 0 Å². The molecule has 32 heavy (non-hydrogen) atoms. The summed E-state index contributed by atoms with van der Waals surface area (Å²) in [5.41, 5.74) is 2.65. The molecule has 0 bridgehead atoms. The lowest BCUT2D eigenvalue weighted by Crippen LogP contribution is -2.23. The molecule has 162 valence electrons. The van der Waals surface area contributed by atoms with Crippen molar-refractivity contribution in [3.05, 3.63) is 81.5 Å². The fourth-order valence-electron chi connectivity index (χ4n) is 4.12. The third kappa shape index (κ3) is 4.10. The highest BCUT2D eigenvalue weighted by atomic mass is 32.2. The third-order valence-electron chi connectivity index (χ3n) is 5.70. The van der Waals surface area contributed by atoms with E-state index in [0.717, 1.165) is 40.9 Å². The van der Waals surface area contributed by atoms with Gasteiger partial charge in [0, 0.05) is 10.6 Å². The lowest BCUT2D eigenvalue weighted by atomic mass is 9.89. The number of benzene rings is 2. The second-order valence-electron chi connectivity index (χ2n) is 8.11. The van der Waals surface area contributed by atoms with Gasteiger partial charge in [-0.2, -0.15) is 0 Å². The zero-order chi connectivity index (χ0) is 22.1. The van der Waals surface area contributed by atoms with Gasteiger partial charge in [0.15, 0.2) is 5.16 Å². The molecule has 5 nitrogen and oxygen atoms in total. The normalized spacial score (nSPS) is 15.5. The van der Waals surface area contributed by atoms with Gasteiger partial charge in [-0.3, -0.25) is 14.2 Å². The number of anilines is 1. The maximum Gasteiger partial charge on any atom is 0.267 e. The maximum atomic E-state index is 13.7. The summed E-state index contributed by atoms with van der Waals surface area (Å²) in [7, 11) is 0. The molecule has 1 aliphatic rings. The second kappa shape index (κ2) is 8.92. The molecule has 0 saturated heterocycles. The Labute approximate surface area is 194 Å². The number of hydrogen-bond donors (Lipinski definition) is 1. The van der Waals surface area contributed by atoms with Crippen LogP contribution in [-0.2, 0) is 17.6 Å². The topological polar surface area (TPSA) is 64.0 Å². The Kier molecular flexibility index (Phi) is 5.85. The van der Waals surface area contributed by atoms with Crippen LogP contribution in [0.2, 0.25) is 0 Å². The molecular weight excluding hydrogens is 438 g/mol. The SMILES string of the molecule is C[C@@H]1CCc2c(sc3nc(SCC(=O)Nc4ccccc4)n(-c4ccccc4)c(=O)c23)C1. The van der Waals surface area contributed by atoms with E-state index in [2.05, 4.69) is 12.2 Å². The average Bonchev–Trinajstić information content (AvgIpc) is 3.16. The van der Waals surface area contributed by atoms with Crippen LogP contribution in [0.15, 0.2) is 70.6 Å². The van der Waals surface area contributed by atoms with Crippen molar-refractivity contribution in [2.75, 3.05) is 11.1 Å². The molecule has 4 aromatic rings. The van der Waals surface area contributed by atoms with Gasteiger partial charge < -0.3 is 5.32 Å². The Morgan fingerprint density at radius 3 is 2.62 bits per heavy atom. The van der Waals surface area contributed by atoms with E-state index < -0.39 is 0 Å². The molecule has 0 aliphatic heterocycles. The van der Waals surface area contributed by atoms with Crippen LogP contribution in [0.4, 0.5) is 5.69 Å². The number of thiophene rings is 1. The smallest absolute Gasteiger partial charge is 0.267 e. The van der Waals surface area contributed by atoms with Crippen LogP contribution in [0.3, 0.4) is 0 Å². The highest BCUT2D eigenvalue weighted by Gasteiger charge is 2.25. The number of aryl methyl sites for hydroxylation is 1. The number of para-hydroxylation sites is 2. The van der Waals surface area contributed by atoms with E-state index in [1.807, 2.05) is 60.7 Å². The Balaban J connectivity index is 1.53. The summed E-state index contributed by atoms with van der Waals surface area (Å²) in [5, 5.41) is 4.19. The number of rotatable bonds is 5. The largest absolute Gasteiger partial charge is 0.325 e. The van der Waals surface area contributed by atoms with Gasteiger partial charge in [0.25, 0.3) is 5.56 Å². The first kappa shape index (κ1) is 21.0. The number of amides is 1. The van der Waals surface area contributed by atoms with Gasteiger partial charge >= 0.3 is 0 Å². The fraction of sp³-hybridized carbons (Fsp3) is 0.240. The first-order chi connectivity index (χ1) is 15.6. The summed E-state index contributed by atoms with van der Waals surface area (Å²) in [5.74, 6) is 0.666. The van der Waals surface area contributed by atoms with Crippen molar-refractivity contribution in [3.8, 4) is 5.69 Å². The number of aromatic nitrogens is 2. The number of nitrogens with one attached hydrogen (secondary N) is 1. The third-order valence-corrected chi connectivity index (χ3v) is 7.79. The van der Waals surface area contributed by atoms with Crippen LogP contribution >= 0.6 is 23.1 Å². The minimum absolute atomic E-state index is 0.0424. The van der Waals surface area contributed by atoms with Gasteiger partial charge in [0.2, 0.25) is 5.91 Å². The first-order valence-electron chi connectivity index (χ1n) is 10.7. The van der Waals surface area contributed by atoms with Crippen molar-refractivity contribution >= 4 is 44.9 Å². The molecular formula is C25H23N3O2S2. The van der Waals surface area contributed by atoms with Crippen molar-refractivity contribution in [1.82, 2.24) is 9.55 Å². The van der Waals surface area contributed by atoms with Crippen LogP contribution in [0.25, 0.3) is 15.9 Å². The predicted molar refractivity (Wildman–Crippen MR) is 132 cm³/mol. The van der Waals surface area contributed by atoms with Crippen molar-refractivity contribution in [1.29, 1.82) is 0 Å². The van der Waals surface area contributed by atoms with E-state index in [-0.39, 0.29) is 17.2 Å². The standard InChI is InChI=1S/C25H23N3O2S2/c1-16-12-13-19-20(14-16)32-23-22(19)24(30)28(18-10-6-3-7-11-18)25(27-23)31-15-21(29)26-17-8-4-2-5-9-17/h2-11,16H,12-15H2,1H3,(H,26,29)/t16-/m1/s1. The summed E-state index contributed by atoms with van der Waals surface area (Å²) in [6, 6.07) is 18.9. The molecule has 0 saturated carbocycles. The highest BCUT2D eigenvalue weighted by Crippen LogP contribution is 2.37. The van der Waals surface area contributed by atoms with Crippen molar-refractivity contribution in [3.63, 3.8) is 0 Å². The van der Waals surface area contributed by atoms with E-state index in [9.17, 15) is 9.59 Å². The molecule has 0 unspecified atom stereocenters. The number of thioether (sulfide) groups is 1. The number of nitrogens with zero attached hydrogens (tertiary/aromatic N) is 2. The van der Waals surface area contributed by atoms with Crippen molar-refractivity contribution < 1.29 is 4.79 Å². The molecule has 5 rings (SSSR count). The summed E-state index contributed by atoms with van der Waals surface area (Å²) in [6.45, 7) is 2.26. The highest BCUT2D eigenvalue weighted by molar-refractivity contribution is 7.99. The molecule has 2 heterocycles. The van der Waals surface area contributed by atoms with E-state index in [1.54, 1.807) is 15.9 Å². The lowest BCUT2D eigenvalue weighted by Gasteiger charge is -2.17. The van der Waals surface area contributed by atoms with Gasteiger partial charge in [0.05, 0.1) is 16.8 Å². The molecule has 1 N–H and O–H groups in total. The Morgan fingerprint density at radius 1 is 1.16 bits per heavy atom. The Bertz CT molecular complexity index is 1330. The van der Waals surface area contributed by atoms with Gasteiger partial charge in [-0.05, 0) is 55.0 Å². The first-order valence-corrected chi connectivity index (χ1v) is 12.5. The van der Waals surface area contributed by atoms with Gasteiger partial charge in [-0.15, -0.1) is 11.3 Å². The number of fused-ring (bicyclic) bond motifs is 3.